The molecule has 0 aliphatic rings. The van der Waals surface area contributed by atoms with E-state index in [0.29, 0.717) is 0 Å². The molecule has 0 aromatic heterocycles. The number of hydrogen-bond acceptors (Lipinski definition) is 4. The van der Waals surface area contributed by atoms with E-state index in [4.69, 9.17) is 5.11 Å². The number of hydrogen-bond donors (Lipinski definition) is 2. The lowest BCUT2D eigenvalue weighted by atomic mass is 10.0. The number of benzene rings is 1. The Bertz CT molecular complexity index is 390. The van der Waals surface area contributed by atoms with Gasteiger partial charge in [0, 0.05) is 5.92 Å². The fraction of sp³-hybridized carbons (Fsp3) is 0.333. The summed E-state index contributed by atoms with van der Waals surface area (Å²) >= 11 is 0. The number of rotatable bonds is 5. The quantitative estimate of drug-likeness (QED) is 0.745. The first-order valence-electron chi connectivity index (χ1n) is 4.36. The molecule has 15 heavy (non-hydrogen) atoms. The molecule has 3 N–H and O–H groups in total. The van der Waals surface area contributed by atoms with Crippen molar-refractivity contribution >= 4 is 10.3 Å². The third-order valence-corrected chi connectivity index (χ3v) is 2.39. The molecule has 1 rings (SSSR count). The molecule has 0 bridgehead atoms. The Hall–Kier alpha value is -0.950. The molecule has 0 radical (unpaired) electrons. The number of aliphatic hydroxyl groups excluding tert-OH is 1. The van der Waals surface area contributed by atoms with Crippen molar-refractivity contribution in [3.8, 4) is 0 Å². The smallest absolute Gasteiger partial charge is 0.333 e. The van der Waals surface area contributed by atoms with Crippen LogP contribution in [0.1, 0.15) is 11.5 Å². The molecule has 0 fully saturated rings. The van der Waals surface area contributed by atoms with Gasteiger partial charge < -0.3 is 5.11 Å². The van der Waals surface area contributed by atoms with Gasteiger partial charge in [0.25, 0.3) is 0 Å². The zero-order valence-corrected chi connectivity index (χ0v) is 8.85. The van der Waals surface area contributed by atoms with Gasteiger partial charge in [0.2, 0.25) is 0 Å². The molecule has 0 aliphatic heterocycles. The Morgan fingerprint density at radius 1 is 1.33 bits per heavy atom. The van der Waals surface area contributed by atoms with Gasteiger partial charge in [-0.15, -0.1) is 0 Å². The number of nitrogens with two attached hydrogens (primary N) is 1. The van der Waals surface area contributed by atoms with Crippen molar-refractivity contribution in [1.82, 2.24) is 0 Å². The van der Waals surface area contributed by atoms with Gasteiger partial charge >= 0.3 is 10.3 Å². The topological polar surface area (TPSA) is 89.6 Å². The lowest BCUT2D eigenvalue weighted by Gasteiger charge is -2.13. The largest absolute Gasteiger partial charge is 0.396 e. The highest BCUT2D eigenvalue weighted by molar-refractivity contribution is 7.84. The number of aliphatic hydroxyl groups is 1. The molecule has 0 heterocycles. The van der Waals surface area contributed by atoms with E-state index in [-0.39, 0.29) is 19.1 Å². The Morgan fingerprint density at radius 2 is 1.93 bits per heavy atom. The fourth-order valence-corrected chi connectivity index (χ4v) is 1.51. The highest BCUT2D eigenvalue weighted by Crippen LogP contribution is 2.15. The van der Waals surface area contributed by atoms with Crippen LogP contribution >= 0.6 is 0 Å². The van der Waals surface area contributed by atoms with Crippen molar-refractivity contribution in [3.63, 3.8) is 0 Å². The summed E-state index contributed by atoms with van der Waals surface area (Å²) in [6, 6.07) is 9.00. The summed E-state index contributed by atoms with van der Waals surface area (Å²) in [5.74, 6) is -0.385. The highest BCUT2D eigenvalue weighted by atomic mass is 32.2. The van der Waals surface area contributed by atoms with E-state index in [1.165, 1.54) is 0 Å². The van der Waals surface area contributed by atoms with Crippen LogP contribution in [0.2, 0.25) is 0 Å². The lowest BCUT2D eigenvalue weighted by Crippen LogP contribution is -2.21. The van der Waals surface area contributed by atoms with Crippen molar-refractivity contribution < 1.29 is 17.7 Å². The molecule has 0 amide bonds. The van der Waals surface area contributed by atoms with Gasteiger partial charge in [0.05, 0.1) is 13.2 Å². The van der Waals surface area contributed by atoms with Gasteiger partial charge in [-0.2, -0.15) is 8.42 Å². The maximum Gasteiger partial charge on any atom is 0.333 e. The molecule has 84 valence electrons. The van der Waals surface area contributed by atoms with E-state index in [9.17, 15) is 8.42 Å². The van der Waals surface area contributed by atoms with Crippen LogP contribution in [0.3, 0.4) is 0 Å². The average Bonchev–Trinajstić information content (AvgIpc) is 2.19. The monoisotopic (exact) mass is 231 g/mol. The SMILES string of the molecule is NS(=O)(=O)OC[C@H](CO)c1ccccc1. The standard InChI is InChI=1S/C9H13NO4S/c10-15(12,13)14-7-9(6-11)8-4-2-1-3-5-8/h1-5,9,11H,6-7H2,(H2,10,12,13)/t9-/m0/s1. The zero-order chi connectivity index (χ0) is 11.3. The van der Waals surface area contributed by atoms with Gasteiger partial charge in [-0.1, -0.05) is 30.3 Å². The Labute approximate surface area is 88.7 Å². The summed E-state index contributed by atoms with van der Waals surface area (Å²) in [6.07, 6.45) is 0. The van der Waals surface area contributed by atoms with Gasteiger partial charge in [-0.05, 0) is 5.56 Å². The average molecular weight is 231 g/mol. The van der Waals surface area contributed by atoms with Crippen molar-refractivity contribution in [2.45, 2.75) is 5.92 Å². The maximum atomic E-state index is 10.6. The second-order valence-electron chi connectivity index (χ2n) is 3.07. The van der Waals surface area contributed by atoms with Crippen LogP contribution in [-0.4, -0.2) is 26.7 Å². The minimum Gasteiger partial charge on any atom is -0.396 e. The van der Waals surface area contributed by atoms with Crippen LogP contribution in [0.5, 0.6) is 0 Å². The minimum absolute atomic E-state index is 0.153. The molecule has 6 heteroatoms. The molecular formula is C9H13NO4S. The molecule has 1 aromatic carbocycles. The fourth-order valence-electron chi connectivity index (χ4n) is 1.16. The van der Waals surface area contributed by atoms with Gasteiger partial charge in [-0.25, -0.2) is 5.14 Å². The summed E-state index contributed by atoms with van der Waals surface area (Å²) < 4.78 is 25.5. The summed E-state index contributed by atoms with van der Waals surface area (Å²) in [5.41, 5.74) is 0.809. The molecule has 0 saturated carbocycles. The van der Waals surface area contributed by atoms with Crippen molar-refractivity contribution in [2.75, 3.05) is 13.2 Å². The lowest BCUT2D eigenvalue weighted by molar-refractivity contribution is 0.208. The zero-order valence-electron chi connectivity index (χ0n) is 8.04. The molecule has 5 nitrogen and oxygen atoms in total. The molecular weight excluding hydrogens is 218 g/mol. The summed E-state index contributed by atoms with van der Waals surface area (Å²) in [7, 11) is -3.95. The maximum absolute atomic E-state index is 10.6. The van der Waals surface area contributed by atoms with E-state index in [1.807, 2.05) is 6.07 Å². The van der Waals surface area contributed by atoms with Gasteiger partial charge in [-0.3, -0.25) is 4.18 Å². The summed E-state index contributed by atoms with van der Waals surface area (Å²) in [5, 5.41) is 13.7. The van der Waals surface area contributed by atoms with Crippen LogP contribution in [-0.2, 0) is 14.5 Å². The van der Waals surface area contributed by atoms with Crippen molar-refractivity contribution in [1.29, 1.82) is 0 Å². The second kappa shape index (κ2) is 5.22. The molecule has 0 unspecified atom stereocenters. The van der Waals surface area contributed by atoms with Crippen LogP contribution in [0.4, 0.5) is 0 Å². The van der Waals surface area contributed by atoms with Crippen LogP contribution in [0.25, 0.3) is 0 Å². The van der Waals surface area contributed by atoms with Crippen LogP contribution < -0.4 is 5.14 Å². The van der Waals surface area contributed by atoms with Gasteiger partial charge in [0.15, 0.2) is 0 Å². The summed E-state index contributed by atoms with van der Waals surface area (Å²) in [6.45, 7) is -0.348. The normalized spacial score (nSPS) is 13.7. The molecule has 1 atom stereocenters. The second-order valence-corrected chi connectivity index (χ2v) is 4.29. The summed E-state index contributed by atoms with van der Waals surface area (Å²) in [4.78, 5) is 0. The third-order valence-electron chi connectivity index (χ3n) is 1.92. The Balaban J connectivity index is 2.66. The predicted octanol–water partition coefficient (Wildman–Crippen LogP) is -0.0174. The van der Waals surface area contributed by atoms with E-state index in [0.717, 1.165) is 5.56 Å². The molecule has 0 aliphatic carbocycles. The first-order chi connectivity index (χ1) is 7.03. The van der Waals surface area contributed by atoms with Crippen LogP contribution in [0, 0.1) is 0 Å². The van der Waals surface area contributed by atoms with Crippen molar-refractivity contribution in [2.24, 2.45) is 5.14 Å². The Kier molecular flexibility index (Phi) is 4.22. The van der Waals surface area contributed by atoms with E-state index in [2.05, 4.69) is 9.32 Å². The first-order valence-corrected chi connectivity index (χ1v) is 5.83. The Morgan fingerprint density at radius 3 is 2.40 bits per heavy atom. The highest BCUT2D eigenvalue weighted by Gasteiger charge is 2.13. The van der Waals surface area contributed by atoms with Crippen molar-refractivity contribution in [3.05, 3.63) is 35.9 Å². The van der Waals surface area contributed by atoms with E-state index < -0.39 is 10.3 Å². The van der Waals surface area contributed by atoms with E-state index in [1.54, 1.807) is 24.3 Å². The third kappa shape index (κ3) is 4.39. The molecule has 0 spiro atoms. The molecule has 0 saturated heterocycles. The first kappa shape index (κ1) is 12.1. The van der Waals surface area contributed by atoms with Crippen LogP contribution in [0.15, 0.2) is 30.3 Å². The van der Waals surface area contributed by atoms with Gasteiger partial charge in [0.1, 0.15) is 0 Å². The predicted molar refractivity (Wildman–Crippen MR) is 55.3 cm³/mol. The molecule has 1 aromatic rings. The minimum atomic E-state index is -3.95. The van der Waals surface area contributed by atoms with E-state index >= 15 is 0 Å².